The third-order valence-corrected chi connectivity index (χ3v) is 0. The SMILES string of the molecule is C.C.O.[3H][IH+].[Rb+]. The zero-order chi connectivity index (χ0) is 2.00. The number of halogens is 1. The van der Waals surface area contributed by atoms with Crippen molar-refractivity contribution in [2.45, 2.75) is 14.9 Å². The van der Waals surface area contributed by atoms with Crippen molar-refractivity contribution in [2.24, 2.45) is 0 Å². The Morgan fingerprint density at radius 3 is 1.20 bits per heavy atom. The summed E-state index contributed by atoms with van der Waals surface area (Å²) < 4.78 is 5.76. The molecule has 5 heavy (non-hydrogen) atoms. The Hall–Kier alpha value is 2.50. The molecule has 0 spiro atoms. The third-order valence-electron chi connectivity index (χ3n) is 0. The monoisotopic (exact) mass is 266 g/mol. The molecule has 3 heteroatoms. The Balaban J connectivity index is -0.000000000833. The summed E-state index contributed by atoms with van der Waals surface area (Å²) in [6.45, 7) is 0. The molecular weight excluding hydrogens is 252 g/mol. The molecule has 0 aromatic rings. The van der Waals surface area contributed by atoms with E-state index in [-0.39, 0.29) is 78.5 Å². The molecule has 0 rings (SSSR count). The van der Waals surface area contributed by atoms with Gasteiger partial charge in [-0.15, -0.1) is 0 Å². The molecule has 0 aliphatic rings. The average Bonchev–Trinajstić information content (AvgIpc) is 1.00. The number of hydrogen-bond acceptors (Lipinski definition) is 0. The van der Waals surface area contributed by atoms with Crippen molar-refractivity contribution in [3.8, 4) is 0 Å². The minimum absolute atomic E-state index is 0. The largest absolute Gasteiger partial charge is 1.00 e. The first-order chi connectivity index (χ1) is 1.00. The molecule has 0 saturated carbocycles. The fourth-order valence-electron chi connectivity index (χ4n) is 0. The van der Waals surface area contributed by atoms with Gasteiger partial charge in [-0.2, -0.15) is 0 Å². The van der Waals surface area contributed by atoms with Gasteiger partial charge in [0.2, 0.25) is 23.8 Å². The maximum Gasteiger partial charge on any atom is 1.00 e. The van der Waals surface area contributed by atoms with E-state index < -0.39 is 0 Å². The summed E-state index contributed by atoms with van der Waals surface area (Å²) in [5.41, 5.74) is 0. The fourth-order valence-corrected chi connectivity index (χ4v) is 0. The first kappa shape index (κ1) is 25.9. The van der Waals surface area contributed by atoms with Gasteiger partial charge >= 0.3 is 58.8 Å². The first-order valence-corrected chi connectivity index (χ1v) is 0. The maximum absolute atomic E-state index is 5.76. The van der Waals surface area contributed by atoms with Gasteiger partial charge in [0.15, 0.2) is 0 Å². The Morgan fingerprint density at radius 2 is 1.20 bits per heavy atom. The van der Waals surface area contributed by atoms with E-state index in [1.54, 1.807) is 0 Å². The predicted octanol–water partition coefficient (Wildman–Crippen LogP) is -6.08. The van der Waals surface area contributed by atoms with E-state index in [4.69, 9.17) is 0.594 Å². The molecule has 0 amide bonds. The molecule has 0 aliphatic heterocycles. The third kappa shape index (κ3) is 21.1. The minimum Gasteiger partial charge on any atom is -0.412 e. The first-order valence-electron chi connectivity index (χ1n) is 0.408. The van der Waals surface area contributed by atoms with E-state index >= 15 is 0 Å². The van der Waals surface area contributed by atoms with Crippen LogP contribution in [0.4, 0.5) is 0 Å². The second-order valence-corrected chi connectivity index (χ2v) is 0. The van der Waals surface area contributed by atoms with Gasteiger partial charge in [-0.1, -0.05) is 14.9 Å². The summed E-state index contributed by atoms with van der Waals surface area (Å²) in [6.07, 6.45) is 0. The van der Waals surface area contributed by atoms with Crippen molar-refractivity contribution in [2.75, 3.05) is 0 Å². The maximum atomic E-state index is 5.76. The van der Waals surface area contributed by atoms with Crippen LogP contribution in [0.1, 0.15) is 14.9 Å². The van der Waals surface area contributed by atoms with Gasteiger partial charge in [-0.3, -0.25) is 0 Å². The molecule has 0 aromatic carbocycles. The molecule has 0 aliphatic carbocycles. The van der Waals surface area contributed by atoms with Crippen molar-refractivity contribution >= 4 is 0 Å². The van der Waals surface area contributed by atoms with Gasteiger partial charge in [0.25, 0.3) is 0 Å². The van der Waals surface area contributed by atoms with Crippen LogP contribution >= 0.6 is 0 Å². The molecular formula is C2H12IORb+2. The van der Waals surface area contributed by atoms with Crippen LogP contribution in [0, 0.1) is 0 Å². The summed E-state index contributed by atoms with van der Waals surface area (Å²) in [5, 5.41) is 0. The van der Waals surface area contributed by atoms with E-state index in [9.17, 15) is 0 Å². The van der Waals surface area contributed by atoms with Crippen molar-refractivity contribution < 1.29 is 87.4 Å². The molecule has 0 heterocycles. The van der Waals surface area contributed by atoms with E-state index in [2.05, 4.69) is 0 Å². The van der Waals surface area contributed by atoms with E-state index in [1.165, 1.54) is 23.8 Å². The van der Waals surface area contributed by atoms with Gasteiger partial charge < -0.3 is 5.48 Å². The summed E-state index contributed by atoms with van der Waals surface area (Å²) in [7, 11) is 0. The predicted molar refractivity (Wildman–Crippen MR) is 19.9 cm³/mol. The summed E-state index contributed by atoms with van der Waals surface area (Å²) in [5.74, 6) is 0. The molecule has 0 saturated heterocycles. The second-order valence-electron chi connectivity index (χ2n) is 0. The molecule has 0 bridgehead atoms. The van der Waals surface area contributed by atoms with Crippen LogP contribution in [0.25, 0.3) is 0 Å². The normalized spacial score (nSPS) is 1.40. The van der Waals surface area contributed by atoms with Crippen LogP contribution in [-0.4, -0.2) is 6.07 Å². The van der Waals surface area contributed by atoms with Gasteiger partial charge in [-0.25, -0.2) is 0 Å². The van der Waals surface area contributed by atoms with E-state index in [0.717, 1.165) is 0 Å². The van der Waals surface area contributed by atoms with Crippen LogP contribution in [0.15, 0.2) is 0 Å². The smallest absolute Gasteiger partial charge is 0.412 e. The molecule has 1 nitrogen and oxygen atoms in total. The Kier molecular flexibility index (Phi) is 163. The average molecular weight is 266 g/mol. The van der Waals surface area contributed by atoms with E-state index in [1.807, 2.05) is 0 Å². The van der Waals surface area contributed by atoms with Crippen molar-refractivity contribution in [1.82, 2.24) is 0 Å². The van der Waals surface area contributed by atoms with Crippen molar-refractivity contribution in [3.05, 3.63) is 0 Å². The standard InChI is InChI=1S/2CH4.H2I.H2O.Rb/h2*1H4;2*1H2;/q;;+1;;+1/i;;1T;;. The van der Waals surface area contributed by atoms with Gasteiger partial charge in [0, 0.05) is 0 Å². The minimum atomic E-state index is 0. The topological polar surface area (TPSA) is 31.5 Å². The van der Waals surface area contributed by atoms with Gasteiger partial charge in [-0.05, 0) is 0 Å². The van der Waals surface area contributed by atoms with E-state index in [0.29, 0.717) is 0 Å². The zero-order valence-corrected chi connectivity index (χ0v) is 9.15. The molecule has 0 fully saturated rings. The molecule has 0 radical (unpaired) electrons. The van der Waals surface area contributed by atoms with Crippen LogP contribution in [0.5, 0.6) is 0 Å². The van der Waals surface area contributed by atoms with Crippen LogP contribution in [0.2, 0.25) is 0 Å². The van der Waals surface area contributed by atoms with Crippen LogP contribution < -0.4 is 82.0 Å². The van der Waals surface area contributed by atoms with Crippen molar-refractivity contribution in [1.29, 1.82) is 0.594 Å². The number of hydrogen-bond donors (Lipinski definition) is 0. The molecule has 2 N–H and O–H groups in total. The van der Waals surface area contributed by atoms with Gasteiger partial charge in [0.05, 0.1) is 0 Å². The fraction of sp³-hybridized carbons (Fsp3) is 1.00. The number of rotatable bonds is 0. The molecule has 32 valence electrons. The Bertz CT molecular complexity index is 13.5. The zero-order valence-electron chi connectivity index (χ0n) is 2.91. The van der Waals surface area contributed by atoms with Gasteiger partial charge in [0.1, 0.15) is 0 Å². The van der Waals surface area contributed by atoms with Crippen LogP contribution in [0.3, 0.4) is 0 Å². The molecule has 0 atom stereocenters. The quantitative estimate of drug-likeness (QED) is 0.391. The van der Waals surface area contributed by atoms with Crippen molar-refractivity contribution in [3.63, 3.8) is 0 Å². The molecule has 0 aromatic heterocycles. The van der Waals surface area contributed by atoms with Crippen LogP contribution in [-0.2, 0) is 0 Å². The summed E-state index contributed by atoms with van der Waals surface area (Å²) in [4.78, 5) is 0. The summed E-state index contributed by atoms with van der Waals surface area (Å²) in [6, 6.07) is 0. The second kappa shape index (κ2) is 31.5. The molecule has 0 unspecified atom stereocenters. The Morgan fingerprint density at radius 1 is 1.20 bits per heavy atom. The Labute approximate surface area is 100 Å². The summed E-state index contributed by atoms with van der Waals surface area (Å²) >= 11 is 1.20.